The monoisotopic (exact) mass is 461 g/mol. The van der Waals surface area contributed by atoms with Crippen molar-refractivity contribution in [2.45, 2.75) is 25.7 Å². The first kappa shape index (κ1) is 22.2. The molecule has 2 N–H and O–H groups in total. The van der Waals surface area contributed by atoms with E-state index in [1.807, 2.05) is 19.1 Å². The number of likely N-dealkylation sites (tertiary alicyclic amines) is 1. The van der Waals surface area contributed by atoms with Crippen LogP contribution in [0.2, 0.25) is 0 Å². The predicted octanol–water partition coefficient (Wildman–Crippen LogP) is 4.63. The van der Waals surface area contributed by atoms with Gasteiger partial charge in [-0.2, -0.15) is 5.10 Å². The van der Waals surface area contributed by atoms with E-state index in [2.05, 4.69) is 38.6 Å². The van der Waals surface area contributed by atoms with Crippen molar-refractivity contribution < 1.29 is 13.9 Å². The normalized spacial score (nSPS) is 15.0. The number of hydrogen-bond donors (Lipinski definition) is 2. The fraction of sp³-hybridized carbons (Fsp3) is 0.308. The Bertz CT molecular complexity index is 1300. The van der Waals surface area contributed by atoms with Crippen LogP contribution in [0.3, 0.4) is 0 Å². The first-order chi connectivity index (χ1) is 16.5. The highest BCUT2D eigenvalue weighted by Gasteiger charge is 2.24. The number of aryl methyl sites for hydroxylation is 1. The SMILES string of the molecule is COc1ccc2[nH]cc(C3CCN(CC(=O)Nc4cc(C)nn4-c4ccc(F)cc4)CC3)c2c1. The van der Waals surface area contributed by atoms with Gasteiger partial charge in [-0.15, -0.1) is 0 Å². The zero-order valence-corrected chi connectivity index (χ0v) is 19.3. The molecule has 2 aromatic heterocycles. The van der Waals surface area contributed by atoms with Crippen LogP contribution in [-0.4, -0.2) is 52.3 Å². The van der Waals surface area contributed by atoms with E-state index in [0.717, 1.165) is 42.9 Å². The van der Waals surface area contributed by atoms with E-state index >= 15 is 0 Å². The van der Waals surface area contributed by atoms with Crippen LogP contribution in [-0.2, 0) is 4.79 Å². The number of H-pyrrole nitrogens is 1. The molecule has 176 valence electrons. The molecule has 3 heterocycles. The van der Waals surface area contributed by atoms with Gasteiger partial charge in [-0.3, -0.25) is 9.69 Å². The second kappa shape index (κ2) is 9.30. The van der Waals surface area contributed by atoms with Gasteiger partial charge in [-0.25, -0.2) is 9.07 Å². The lowest BCUT2D eigenvalue weighted by molar-refractivity contribution is -0.117. The van der Waals surface area contributed by atoms with Gasteiger partial charge in [0.1, 0.15) is 17.4 Å². The third-order valence-electron chi connectivity index (χ3n) is 6.49. The van der Waals surface area contributed by atoms with Crippen molar-refractivity contribution in [2.24, 2.45) is 0 Å². The molecule has 0 spiro atoms. The molecule has 4 aromatic rings. The van der Waals surface area contributed by atoms with Gasteiger partial charge in [0.05, 0.1) is 25.0 Å². The molecule has 0 atom stereocenters. The maximum atomic E-state index is 13.3. The number of carbonyl (C=O) groups is 1. The van der Waals surface area contributed by atoms with E-state index in [9.17, 15) is 9.18 Å². The average molecular weight is 462 g/mol. The van der Waals surface area contributed by atoms with Crippen LogP contribution >= 0.6 is 0 Å². The molecule has 0 bridgehead atoms. The van der Waals surface area contributed by atoms with Gasteiger partial charge < -0.3 is 15.0 Å². The van der Waals surface area contributed by atoms with Crippen molar-refractivity contribution in [3.8, 4) is 11.4 Å². The van der Waals surface area contributed by atoms with Crippen LogP contribution < -0.4 is 10.1 Å². The van der Waals surface area contributed by atoms with Gasteiger partial charge in [-0.1, -0.05) is 0 Å². The average Bonchev–Trinajstić information content (AvgIpc) is 3.42. The summed E-state index contributed by atoms with van der Waals surface area (Å²) in [6.07, 6.45) is 4.09. The van der Waals surface area contributed by atoms with Crippen LogP contribution in [0, 0.1) is 12.7 Å². The van der Waals surface area contributed by atoms with E-state index in [-0.39, 0.29) is 11.7 Å². The fourth-order valence-electron chi connectivity index (χ4n) is 4.74. The van der Waals surface area contributed by atoms with Gasteiger partial charge in [0.2, 0.25) is 5.91 Å². The number of nitrogens with one attached hydrogen (secondary N) is 2. The Balaban J connectivity index is 1.21. The maximum Gasteiger partial charge on any atom is 0.239 e. The number of fused-ring (bicyclic) bond motifs is 1. The first-order valence-electron chi connectivity index (χ1n) is 11.5. The zero-order valence-electron chi connectivity index (χ0n) is 19.3. The van der Waals surface area contributed by atoms with E-state index in [1.165, 1.54) is 23.1 Å². The summed E-state index contributed by atoms with van der Waals surface area (Å²) in [6, 6.07) is 14.0. The van der Waals surface area contributed by atoms with Crippen molar-refractivity contribution in [3.63, 3.8) is 0 Å². The van der Waals surface area contributed by atoms with E-state index < -0.39 is 0 Å². The molecule has 0 saturated carbocycles. The second-order valence-corrected chi connectivity index (χ2v) is 8.81. The molecule has 1 amide bonds. The number of rotatable bonds is 6. The highest BCUT2D eigenvalue weighted by molar-refractivity contribution is 5.91. The number of benzene rings is 2. The molecule has 1 fully saturated rings. The largest absolute Gasteiger partial charge is 0.497 e. The van der Waals surface area contributed by atoms with E-state index in [1.54, 1.807) is 23.9 Å². The van der Waals surface area contributed by atoms with E-state index in [4.69, 9.17) is 4.74 Å². The Morgan fingerprint density at radius 3 is 2.68 bits per heavy atom. The van der Waals surface area contributed by atoms with E-state index in [0.29, 0.717) is 24.0 Å². The molecule has 8 heteroatoms. The standard InChI is InChI=1S/C26H28FN5O2/c1-17-13-25(32(30-17)20-5-3-19(27)4-6-20)29-26(33)16-31-11-9-18(10-12-31)23-15-28-24-8-7-21(34-2)14-22(23)24/h3-8,13-15,18,28H,9-12,16H2,1-2H3,(H,29,33). The lowest BCUT2D eigenvalue weighted by Crippen LogP contribution is -2.39. The van der Waals surface area contributed by atoms with Gasteiger partial charge in [-0.05, 0) is 86.8 Å². The third kappa shape index (κ3) is 4.54. The van der Waals surface area contributed by atoms with Crippen LogP contribution in [0.4, 0.5) is 10.2 Å². The van der Waals surface area contributed by atoms with Crippen molar-refractivity contribution in [1.82, 2.24) is 19.7 Å². The molecule has 0 aliphatic carbocycles. The lowest BCUT2D eigenvalue weighted by Gasteiger charge is -2.31. The first-order valence-corrected chi connectivity index (χ1v) is 11.5. The Kier molecular flexibility index (Phi) is 6.06. The van der Waals surface area contributed by atoms with Crippen LogP contribution in [0.25, 0.3) is 16.6 Å². The summed E-state index contributed by atoms with van der Waals surface area (Å²) in [5.74, 6) is 1.49. The number of aromatic nitrogens is 3. The zero-order chi connectivity index (χ0) is 23.7. The van der Waals surface area contributed by atoms with Crippen molar-refractivity contribution >= 4 is 22.6 Å². The minimum atomic E-state index is -0.312. The summed E-state index contributed by atoms with van der Waals surface area (Å²) in [7, 11) is 1.69. The van der Waals surface area contributed by atoms with Gasteiger partial charge >= 0.3 is 0 Å². The molecular formula is C26H28FN5O2. The van der Waals surface area contributed by atoms with Gasteiger partial charge in [0.25, 0.3) is 0 Å². The Labute approximate surface area is 197 Å². The number of methoxy groups -OCH3 is 1. The van der Waals surface area contributed by atoms with Crippen molar-refractivity contribution in [2.75, 3.05) is 32.1 Å². The lowest BCUT2D eigenvalue weighted by atomic mass is 9.89. The number of hydrogen-bond acceptors (Lipinski definition) is 4. The number of nitrogens with zero attached hydrogens (tertiary/aromatic N) is 3. The van der Waals surface area contributed by atoms with Crippen LogP contribution in [0.15, 0.2) is 54.7 Å². The summed E-state index contributed by atoms with van der Waals surface area (Å²) in [5, 5.41) is 8.62. The van der Waals surface area contributed by atoms with Crippen LogP contribution in [0.1, 0.15) is 30.0 Å². The molecule has 5 rings (SSSR count). The molecular weight excluding hydrogens is 433 g/mol. The Hall–Kier alpha value is -3.65. The summed E-state index contributed by atoms with van der Waals surface area (Å²) < 4.78 is 20.3. The molecule has 2 aromatic carbocycles. The minimum absolute atomic E-state index is 0.0847. The molecule has 1 aliphatic rings. The fourth-order valence-corrected chi connectivity index (χ4v) is 4.74. The van der Waals surface area contributed by atoms with Crippen molar-refractivity contribution in [1.29, 1.82) is 0 Å². The van der Waals surface area contributed by atoms with Crippen LogP contribution in [0.5, 0.6) is 5.75 Å². The topological polar surface area (TPSA) is 75.2 Å². The number of ether oxygens (including phenoxy) is 1. The van der Waals surface area contributed by atoms with Gasteiger partial charge in [0, 0.05) is 23.2 Å². The molecule has 1 aliphatic heterocycles. The third-order valence-corrected chi connectivity index (χ3v) is 6.49. The Morgan fingerprint density at radius 2 is 1.94 bits per heavy atom. The second-order valence-electron chi connectivity index (χ2n) is 8.81. The molecule has 7 nitrogen and oxygen atoms in total. The molecule has 0 unspecified atom stereocenters. The molecule has 0 radical (unpaired) electrons. The van der Waals surface area contributed by atoms with Crippen molar-refractivity contribution in [3.05, 3.63) is 71.8 Å². The summed E-state index contributed by atoms with van der Waals surface area (Å²) in [6.45, 7) is 3.89. The number of anilines is 1. The highest BCUT2D eigenvalue weighted by atomic mass is 19.1. The molecule has 34 heavy (non-hydrogen) atoms. The maximum absolute atomic E-state index is 13.3. The number of amides is 1. The summed E-state index contributed by atoms with van der Waals surface area (Å²) >= 11 is 0. The predicted molar refractivity (Wildman–Crippen MR) is 130 cm³/mol. The Morgan fingerprint density at radius 1 is 1.18 bits per heavy atom. The number of piperidine rings is 1. The highest BCUT2D eigenvalue weighted by Crippen LogP contribution is 2.34. The summed E-state index contributed by atoms with van der Waals surface area (Å²) in [4.78, 5) is 18.4. The molecule has 1 saturated heterocycles. The smallest absolute Gasteiger partial charge is 0.239 e. The minimum Gasteiger partial charge on any atom is -0.497 e. The van der Waals surface area contributed by atoms with Gasteiger partial charge in [0.15, 0.2) is 0 Å². The number of halogens is 1. The summed E-state index contributed by atoms with van der Waals surface area (Å²) in [5.41, 5.74) is 3.90. The quantitative estimate of drug-likeness (QED) is 0.439. The number of aromatic amines is 1. The number of carbonyl (C=O) groups excluding carboxylic acids is 1.